The van der Waals surface area contributed by atoms with Gasteiger partial charge in [0, 0.05) is 24.2 Å². The standard InChI is InChI=1S/C11H16N2/c1-7-3-4-11-9(5-7)10(6-13-11)8(2)12/h3-5,8,10,13H,6,12H2,1-2H3. The fourth-order valence-electron chi connectivity index (χ4n) is 1.95. The van der Waals surface area contributed by atoms with Crippen molar-refractivity contribution in [3.05, 3.63) is 29.3 Å². The van der Waals surface area contributed by atoms with Crippen molar-refractivity contribution in [3.63, 3.8) is 0 Å². The summed E-state index contributed by atoms with van der Waals surface area (Å²) >= 11 is 0. The van der Waals surface area contributed by atoms with Crippen molar-refractivity contribution >= 4 is 5.69 Å². The van der Waals surface area contributed by atoms with Crippen LogP contribution in [0, 0.1) is 6.92 Å². The van der Waals surface area contributed by atoms with Crippen LogP contribution in [0.4, 0.5) is 5.69 Å². The molecule has 2 nitrogen and oxygen atoms in total. The Kier molecular flexibility index (Phi) is 2.00. The van der Waals surface area contributed by atoms with Crippen LogP contribution >= 0.6 is 0 Å². The molecule has 0 aliphatic carbocycles. The van der Waals surface area contributed by atoms with E-state index < -0.39 is 0 Å². The highest BCUT2D eigenvalue weighted by Crippen LogP contribution is 2.33. The number of hydrogen-bond donors (Lipinski definition) is 2. The van der Waals surface area contributed by atoms with Gasteiger partial charge in [0.1, 0.15) is 0 Å². The Balaban J connectivity index is 2.40. The van der Waals surface area contributed by atoms with E-state index in [-0.39, 0.29) is 6.04 Å². The van der Waals surface area contributed by atoms with Gasteiger partial charge in [0.25, 0.3) is 0 Å². The number of hydrogen-bond acceptors (Lipinski definition) is 2. The van der Waals surface area contributed by atoms with Crippen molar-refractivity contribution in [1.82, 2.24) is 0 Å². The van der Waals surface area contributed by atoms with Gasteiger partial charge in [-0.15, -0.1) is 0 Å². The van der Waals surface area contributed by atoms with E-state index in [4.69, 9.17) is 5.73 Å². The van der Waals surface area contributed by atoms with Crippen LogP contribution in [0.1, 0.15) is 24.0 Å². The van der Waals surface area contributed by atoms with Gasteiger partial charge in [0.2, 0.25) is 0 Å². The molecule has 0 spiro atoms. The first-order valence-corrected chi connectivity index (χ1v) is 4.78. The third-order valence-corrected chi connectivity index (χ3v) is 2.75. The maximum atomic E-state index is 5.92. The molecule has 2 rings (SSSR count). The SMILES string of the molecule is Cc1ccc2c(c1)C(C(C)N)CN2. The normalized spacial score (nSPS) is 22.2. The minimum absolute atomic E-state index is 0.232. The van der Waals surface area contributed by atoms with Gasteiger partial charge in [-0.25, -0.2) is 0 Å². The van der Waals surface area contributed by atoms with E-state index in [9.17, 15) is 0 Å². The molecule has 0 aromatic heterocycles. The van der Waals surface area contributed by atoms with Gasteiger partial charge in [0.05, 0.1) is 0 Å². The molecule has 0 saturated carbocycles. The molecule has 2 unspecified atom stereocenters. The van der Waals surface area contributed by atoms with Crippen molar-refractivity contribution in [2.45, 2.75) is 25.8 Å². The zero-order valence-electron chi connectivity index (χ0n) is 8.17. The minimum Gasteiger partial charge on any atom is -0.384 e. The molecule has 0 saturated heterocycles. The summed E-state index contributed by atoms with van der Waals surface area (Å²) in [7, 11) is 0. The van der Waals surface area contributed by atoms with Crippen LogP contribution < -0.4 is 11.1 Å². The van der Waals surface area contributed by atoms with Gasteiger partial charge in [-0.2, -0.15) is 0 Å². The quantitative estimate of drug-likeness (QED) is 0.685. The van der Waals surface area contributed by atoms with E-state index in [0.29, 0.717) is 5.92 Å². The molecule has 0 bridgehead atoms. The lowest BCUT2D eigenvalue weighted by Crippen LogP contribution is -2.25. The Hall–Kier alpha value is -1.02. The molecule has 0 fully saturated rings. The van der Waals surface area contributed by atoms with Crippen molar-refractivity contribution in [2.75, 3.05) is 11.9 Å². The lowest BCUT2D eigenvalue weighted by atomic mass is 9.94. The summed E-state index contributed by atoms with van der Waals surface area (Å²) in [6.45, 7) is 5.18. The van der Waals surface area contributed by atoms with E-state index in [0.717, 1.165) is 6.54 Å². The van der Waals surface area contributed by atoms with E-state index in [1.54, 1.807) is 0 Å². The number of anilines is 1. The number of nitrogens with one attached hydrogen (secondary N) is 1. The second-order valence-corrected chi connectivity index (χ2v) is 3.94. The number of rotatable bonds is 1. The average molecular weight is 176 g/mol. The summed E-state index contributed by atoms with van der Waals surface area (Å²) in [5.41, 5.74) is 9.88. The highest BCUT2D eigenvalue weighted by Gasteiger charge is 2.24. The molecule has 1 aliphatic rings. The molecule has 0 amide bonds. The Morgan fingerprint density at radius 3 is 3.00 bits per heavy atom. The summed E-state index contributed by atoms with van der Waals surface area (Å²) in [4.78, 5) is 0. The Labute approximate surface area is 79.1 Å². The molecule has 70 valence electrons. The second-order valence-electron chi connectivity index (χ2n) is 3.94. The third kappa shape index (κ3) is 1.42. The fraction of sp³-hybridized carbons (Fsp3) is 0.455. The van der Waals surface area contributed by atoms with Gasteiger partial charge in [-0.3, -0.25) is 0 Å². The van der Waals surface area contributed by atoms with Gasteiger partial charge in [0.15, 0.2) is 0 Å². The molecule has 0 radical (unpaired) electrons. The molecular weight excluding hydrogens is 160 g/mol. The maximum absolute atomic E-state index is 5.92. The van der Waals surface area contributed by atoms with Crippen LogP contribution in [-0.4, -0.2) is 12.6 Å². The summed E-state index contributed by atoms with van der Waals surface area (Å²) in [6.07, 6.45) is 0. The lowest BCUT2D eigenvalue weighted by Gasteiger charge is -2.14. The molecule has 13 heavy (non-hydrogen) atoms. The monoisotopic (exact) mass is 176 g/mol. The first kappa shape index (κ1) is 8.57. The summed E-state index contributed by atoms with van der Waals surface area (Å²) < 4.78 is 0. The molecule has 1 aliphatic heterocycles. The van der Waals surface area contributed by atoms with E-state index in [2.05, 4.69) is 37.4 Å². The van der Waals surface area contributed by atoms with Crippen LogP contribution in [0.2, 0.25) is 0 Å². The minimum atomic E-state index is 0.232. The first-order chi connectivity index (χ1) is 6.18. The summed E-state index contributed by atoms with van der Waals surface area (Å²) in [6, 6.07) is 6.75. The topological polar surface area (TPSA) is 38.0 Å². The molecule has 2 atom stereocenters. The van der Waals surface area contributed by atoms with Gasteiger partial charge < -0.3 is 11.1 Å². The number of fused-ring (bicyclic) bond motifs is 1. The fourth-order valence-corrected chi connectivity index (χ4v) is 1.95. The third-order valence-electron chi connectivity index (χ3n) is 2.75. The number of nitrogens with two attached hydrogens (primary N) is 1. The Morgan fingerprint density at radius 2 is 2.31 bits per heavy atom. The molecule has 1 aromatic rings. The summed E-state index contributed by atoms with van der Waals surface area (Å²) in [5.74, 6) is 0.481. The predicted molar refractivity (Wildman–Crippen MR) is 56.1 cm³/mol. The average Bonchev–Trinajstić information content (AvgIpc) is 2.46. The molecule has 1 aromatic carbocycles. The zero-order chi connectivity index (χ0) is 9.42. The van der Waals surface area contributed by atoms with Crippen molar-refractivity contribution in [3.8, 4) is 0 Å². The zero-order valence-corrected chi connectivity index (χ0v) is 8.17. The van der Waals surface area contributed by atoms with Crippen LogP contribution in [0.3, 0.4) is 0 Å². The van der Waals surface area contributed by atoms with Crippen LogP contribution in [0.15, 0.2) is 18.2 Å². The molecule has 1 heterocycles. The lowest BCUT2D eigenvalue weighted by molar-refractivity contribution is 0.610. The smallest absolute Gasteiger partial charge is 0.0377 e. The van der Waals surface area contributed by atoms with Gasteiger partial charge in [-0.1, -0.05) is 17.7 Å². The number of aryl methyl sites for hydroxylation is 1. The van der Waals surface area contributed by atoms with Crippen LogP contribution in [0.25, 0.3) is 0 Å². The Bertz CT molecular complexity index is 318. The molecular formula is C11H16N2. The largest absolute Gasteiger partial charge is 0.384 e. The summed E-state index contributed by atoms with van der Waals surface area (Å²) in [5, 5.41) is 3.38. The van der Waals surface area contributed by atoms with E-state index >= 15 is 0 Å². The van der Waals surface area contributed by atoms with Gasteiger partial charge in [-0.05, 0) is 25.5 Å². The van der Waals surface area contributed by atoms with E-state index in [1.807, 2.05) is 0 Å². The van der Waals surface area contributed by atoms with Crippen LogP contribution in [0.5, 0.6) is 0 Å². The van der Waals surface area contributed by atoms with Crippen LogP contribution in [-0.2, 0) is 0 Å². The Morgan fingerprint density at radius 1 is 1.54 bits per heavy atom. The van der Waals surface area contributed by atoms with Gasteiger partial charge >= 0.3 is 0 Å². The highest BCUT2D eigenvalue weighted by molar-refractivity contribution is 5.59. The van der Waals surface area contributed by atoms with Crippen molar-refractivity contribution in [2.24, 2.45) is 5.73 Å². The number of benzene rings is 1. The molecule has 3 N–H and O–H groups in total. The second kappa shape index (κ2) is 3.04. The van der Waals surface area contributed by atoms with Crippen molar-refractivity contribution < 1.29 is 0 Å². The van der Waals surface area contributed by atoms with E-state index in [1.165, 1.54) is 16.8 Å². The molecule has 2 heteroatoms. The highest BCUT2D eigenvalue weighted by atomic mass is 14.9. The predicted octanol–water partition coefficient (Wildman–Crippen LogP) is 1.85. The maximum Gasteiger partial charge on any atom is 0.0377 e. The van der Waals surface area contributed by atoms with Crippen molar-refractivity contribution in [1.29, 1.82) is 0 Å². The first-order valence-electron chi connectivity index (χ1n) is 4.78.